The maximum absolute atomic E-state index is 12.6. The van der Waals surface area contributed by atoms with Crippen LogP contribution < -0.4 is 10.1 Å². The summed E-state index contributed by atoms with van der Waals surface area (Å²) in [6.07, 6.45) is 7.00. The fourth-order valence-corrected chi connectivity index (χ4v) is 2.86. The Labute approximate surface area is 168 Å². The number of imidazole rings is 1. The molecule has 4 aromatic rings. The van der Waals surface area contributed by atoms with E-state index >= 15 is 0 Å². The molecule has 0 saturated heterocycles. The van der Waals surface area contributed by atoms with E-state index < -0.39 is 0 Å². The topological polar surface area (TPSA) is 69.0 Å². The zero-order valence-corrected chi connectivity index (χ0v) is 15.7. The van der Waals surface area contributed by atoms with Gasteiger partial charge in [0.1, 0.15) is 24.5 Å². The van der Waals surface area contributed by atoms with Crippen LogP contribution in [0.25, 0.3) is 5.82 Å². The highest BCUT2D eigenvalue weighted by molar-refractivity contribution is 5.96. The highest BCUT2D eigenvalue weighted by Gasteiger charge is 2.12. The third kappa shape index (κ3) is 4.68. The van der Waals surface area contributed by atoms with Gasteiger partial charge in [-0.3, -0.25) is 9.36 Å². The summed E-state index contributed by atoms with van der Waals surface area (Å²) in [7, 11) is 0. The number of carbonyl (C=O) groups is 1. The molecule has 0 fully saturated rings. The molecule has 0 aliphatic rings. The summed E-state index contributed by atoms with van der Waals surface area (Å²) in [6, 6.07) is 20.9. The van der Waals surface area contributed by atoms with Crippen molar-refractivity contribution in [1.29, 1.82) is 0 Å². The third-order valence-corrected chi connectivity index (χ3v) is 4.40. The Bertz CT molecular complexity index is 1060. The van der Waals surface area contributed by atoms with E-state index in [2.05, 4.69) is 15.3 Å². The lowest BCUT2D eigenvalue weighted by Crippen LogP contribution is -2.23. The molecule has 144 valence electrons. The van der Waals surface area contributed by atoms with Crippen LogP contribution in [0.5, 0.6) is 5.75 Å². The molecule has 1 N–H and O–H groups in total. The zero-order valence-electron chi connectivity index (χ0n) is 15.7. The second kappa shape index (κ2) is 8.84. The largest absolute Gasteiger partial charge is 0.488 e. The number of amides is 1. The van der Waals surface area contributed by atoms with Gasteiger partial charge in [0.05, 0.1) is 5.56 Å². The van der Waals surface area contributed by atoms with E-state index in [-0.39, 0.29) is 5.91 Å². The first-order chi connectivity index (χ1) is 14.3. The number of para-hydroxylation sites is 1. The fourth-order valence-electron chi connectivity index (χ4n) is 2.86. The first kappa shape index (κ1) is 18.4. The lowest BCUT2D eigenvalue weighted by Gasteiger charge is -2.12. The molecule has 2 aromatic heterocycles. The van der Waals surface area contributed by atoms with Crippen molar-refractivity contribution in [2.45, 2.75) is 13.2 Å². The molecule has 6 heteroatoms. The molecule has 0 aliphatic carbocycles. The fraction of sp³-hybridized carbons (Fsp3) is 0.0870. The minimum absolute atomic E-state index is 0.168. The Morgan fingerprint density at radius 3 is 2.55 bits per heavy atom. The number of ether oxygens (including phenoxy) is 1. The summed E-state index contributed by atoms with van der Waals surface area (Å²) in [5.74, 6) is 1.15. The summed E-state index contributed by atoms with van der Waals surface area (Å²) in [4.78, 5) is 21.0. The summed E-state index contributed by atoms with van der Waals surface area (Å²) in [5, 5.41) is 2.94. The van der Waals surface area contributed by atoms with Crippen LogP contribution in [-0.2, 0) is 13.2 Å². The van der Waals surface area contributed by atoms with Crippen molar-refractivity contribution in [2.24, 2.45) is 0 Å². The monoisotopic (exact) mass is 384 g/mol. The molecule has 0 unspecified atom stereocenters. The van der Waals surface area contributed by atoms with Gasteiger partial charge in [-0.2, -0.15) is 0 Å². The molecule has 1 amide bonds. The molecule has 0 radical (unpaired) electrons. The van der Waals surface area contributed by atoms with Crippen LogP contribution in [0.4, 0.5) is 0 Å². The number of rotatable bonds is 7. The molecule has 0 saturated carbocycles. The number of pyridine rings is 1. The van der Waals surface area contributed by atoms with Gasteiger partial charge < -0.3 is 10.1 Å². The van der Waals surface area contributed by atoms with Crippen molar-refractivity contribution in [2.75, 3.05) is 0 Å². The Morgan fingerprint density at radius 2 is 1.79 bits per heavy atom. The van der Waals surface area contributed by atoms with Crippen molar-refractivity contribution in [3.8, 4) is 11.6 Å². The molecule has 2 aromatic carbocycles. The van der Waals surface area contributed by atoms with Gasteiger partial charge in [0.25, 0.3) is 5.91 Å². The van der Waals surface area contributed by atoms with E-state index in [1.807, 2.05) is 65.4 Å². The molecular weight excluding hydrogens is 364 g/mol. The molecule has 0 atom stereocenters. The SMILES string of the molecule is O=C(NCc1ccccc1)c1ccccc1OCc1ccc(-n2ccnc2)nc1. The van der Waals surface area contributed by atoms with Gasteiger partial charge in [-0.15, -0.1) is 0 Å². The molecule has 0 aliphatic heterocycles. The number of carbonyl (C=O) groups excluding carboxylic acids is 1. The molecule has 0 spiro atoms. The van der Waals surface area contributed by atoms with Crippen molar-refractivity contribution in [1.82, 2.24) is 19.9 Å². The second-order valence-electron chi connectivity index (χ2n) is 6.45. The second-order valence-corrected chi connectivity index (χ2v) is 6.45. The summed E-state index contributed by atoms with van der Waals surface area (Å²) < 4.78 is 7.74. The van der Waals surface area contributed by atoms with Gasteiger partial charge in [0, 0.05) is 30.7 Å². The average molecular weight is 384 g/mol. The first-order valence-corrected chi connectivity index (χ1v) is 9.27. The van der Waals surface area contributed by atoms with Crippen LogP contribution in [0.3, 0.4) is 0 Å². The molecule has 6 nitrogen and oxygen atoms in total. The quantitative estimate of drug-likeness (QED) is 0.527. The van der Waals surface area contributed by atoms with Gasteiger partial charge in [0.15, 0.2) is 0 Å². The van der Waals surface area contributed by atoms with Gasteiger partial charge in [-0.1, -0.05) is 48.5 Å². The molecule has 4 rings (SSSR count). The van der Waals surface area contributed by atoms with Crippen LogP contribution in [0.1, 0.15) is 21.5 Å². The summed E-state index contributed by atoms with van der Waals surface area (Å²) in [5.41, 5.74) is 2.46. The van der Waals surface area contributed by atoms with Crippen LogP contribution in [-0.4, -0.2) is 20.4 Å². The van der Waals surface area contributed by atoms with Gasteiger partial charge in [0.2, 0.25) is 0 Å². The standard InChI is InChI=1S/C23H20N4O2/c28-23(26-14-18-6-2-1-3-7-18)20-8-4-5-9-21(20)29-16-19-10-11-22(25-15-19)27-13-12-24-17-27/h1-13,15,17H,14,16H2,(H,26,28). The zero-order chi connectivity index (χ0) is 19.9. The highest BCUT2D eigenvalue weighted by Crippen LogP contribution is 2.19. The van der Waals surface area contributed by atoms with Crippen LogP contribution in [0.15, 0.2) is 91.6 Å². The molecular formula is C23H20N4O2. The van der Waals surface area contributed by atoms with Crippen LogP contribution >= 0.6 is 0 Å². The normalized spacial score (nSPS) is 10.5. The Morgan fingerprint density at radius 1 is 0.966 bits per heavy atom. The van der Waals surface area contributed by atoms with Crippen molar-refractivity contribution in [3.05, 3.63) is 108 Å². The number of benzene rings is 2. The number of nitrogens with one attached hydrogen (secondary N) is 1. The van der Waals surface area contributed by atoms with Crippen molar-refractivity contribution in [3.63, 3.8) is 0 Å². The maximum Gasteiger partial charge on any atom is 0.255 e. The van der Waals surface area contributed by atoms with E-state index in [9.17, 15) is 4.79 Å². The van der Waals surface area contributed by atoms with Crippen molar-refractivity contribution >= 4 is 5.91 Å². The Kier molecular flexibility index (Phi) is 5.62. The number of hydrogen-bond acceptors (Lipinski definition) is 4. The first-order valence-electron chi connectivity index (χ1n) is 9.27. The molecule has 0 bridgehead atoms. The minimum Gasteiger partial charge on any atom is -0.488 e. The lowest BCUT2D eigenvalue weighted by molar-refractivity contribution is 0.0946. The van der Waals surface area contributed by atoms with Gasteiger partial charge in [-0.05, 0) is 23.8 Å². The minimum atomic E-state index is -0.168. The maximum atomic E-state index is 12.6. The van der Waals surface area contributed by atoms with E-state index in [1.54, 1.807) is 30.9 Å². The Hall–Kier alpha value is -3.93. The summed E-state index contributed by atoms with van der Waals surface area (Å²) >= 11 is 0. The Balaban J connectivity index is 1.39. The summed E-state index contributed by atoms with van der Waals surface area (Å²) in [6.45, 7) is 0.786. The number of nitrogens with zero attached hydrogens (tertiary/aromatic N) is 3. The van der Waals surface area contributed by atoms with E-state index in [4.69, 9.17) is 4.74 Å². The smallest absolute Gasteiger partial charge is 0.255 e. The number of aromatic nitrogens is 3. The average Bonchev–Trinajstić information content (AvgIpc) is 3.32. The lowest BCUT2D eigenvalue weighted by atomic mass is 10.1. The predicted molar refractivity (Wildman–Crippen MR) is 110 cm³/mol. The van der Waals surface area contributed by atoms with Crippen LogP contribution in [0.2, 0.25) is 0 Å². The van der Waals surface area contributed by atoms with Gasteiger partial charge >= 0.3 is 0 Å². The van der Waals surface area contributed by atoms with Gasteiger partial charge in [-0.25, -0.2) is 9.97 Å². The van der Waals surface area contributed by atoms with Crippen molar-refractivity contribution < 1.29 is 9.53 Å². The van der Waals surface area contributed by atoms with E-state index in [0.29, 0.717) is 24.5 Å². The van der Waals surface area contributed by atoms with E-state index in [0.717, 1.165) is 16.9 Å². The van der Waals surface area contributed by atoms with E-state index in [1.165, 1.54) is 0 Å². The predicted octanol–water partition coefficient (Wildman–Crippen LogP) is 3.78. The molecule has 29 heavy (non-hydrogen) atoms. The molecule has 2 heterocycles. The highest BCUT2D eigenvalue weighted by atomic mass is 16.5. The number of hydrogen-bond donors (Lipinski definition) is 1. The van der Waals surface area contributed by atoms with Crippen LogP contribution in [0, 0.1) is 0 Å². The third-order valence-electron chi connectivity index (χ3n) is 4.40.